The number of rotatable bonds is 3. The van der Waals surface area contributed by atoms with E-state index in [1.807, 2.05) is 6.92 Å². The number of aromatic nitrogens is 1. The monoisotopic (exact) mass is 247 g/mol. The number of esters is 1. The fraction of sp³-hybridized carbons (Fsp3) is 0.400. The van der Waals surface area contributed by atoms with E-state index >= 15 is 0 Å². The van der Waals surface area contributed by atoms with Gasteiger partial charge in [0.2, 0.25) is 0 Å². The van der Waals surface area contributed by atoms with E-state index in [-0.39, 0.29) is 5.97 Å². The lowest BCUT2D eigenvalue weighted by Gasteiger charge is -2.07. The molecule has 82 valence electrons. The Kier molecular flexibility index (Phi) is 4.36. The van der Waals surface area contributed by atoms with Crippen LogP contribution in [-0.4, -0.2) is 18.1 Å². The van der Waals surface area contributed by atoms with Crippen molar-refractivity contribution < 1.29 is 9.53 Å². The van der Waals surface area contributed by atoms with E-state index in [4.69, 9.17) is 23.2 Å². The Balaban J connectivity index is 2.81. The van der Waals surface area contributed by atoms with Crippen LogP contribution < -0.4 is 0 Å². The number of carbonyl (C=O) groups is 1. The van der Waals surface area contributed by atoms with E-state index in [9.17, 15) is 4.79 Å². The molecule has 0 saturated heterocycles. The zero-order valence-electron chi connectivity index (χ0n) is 8.51. The summed E-state index contributed by atoms with van der Waals surface area (Å²) in [5.74, 6) is -0.264. The maximum atomic E-state index is 11.0. The molecule has 3 nitrogen and oxygen atoms in total. The summed E-state index contributed by atoms with van der Waals surface area (Å²) >= 11 is 11.6. The molecule has 1 aromatic rings. The van der Waals surface area contributed by atoms with E-state index in [1.54, 1.807) is 6.07 Å². The number of aryl methyl sites for hydroxylation is 1. The number of pyridine rings is 1. The molecular weight excluding hydrogens is 237 g/mol. The second-order valence-electron chi connectivity index (χ2n) is 3.11. The first-order valence-corrected chi connectivity index (χ1v) is 5.18. The highest BCUT2D eigenvalue weighted by Crippen LogP contribution is 2.22. The average molecular weight is 248 g/mol. The lowest BCUT2D eigenvalue weighted by Crippen LogP contribution is -2.04. The lowest BCUT2D eigenvalue weighted by atomic mass is 10.1. The lowest BCUT2D eigenvalue weighted by molar-refractivity contribution is -0.140. The predicted octanol–water partition coefficient (Wildman–Crippen LogP) is 2.80. The Labute approximate surface area is 98.4 Å². The van der Waals surface area contributed by atoms with Crippen molar-refractivity contribution in [1.82, 2.24) is 4.98 Å². The summed E-state index contributed by atoms with van der Waals surface area (Å²) in [5.41, 5.74) is 1.77. The molecule has 0 fully saturated rings. The van der Waals surface area contributed by atoms with E-state index < -0.39 is 0 Å². The quantitative estimate of drug-likeness (QED) is 0.609. The van der Waals surface area contributed by atoms with Gasteiger partial charge in [-0.05, 0) is 30.5 Å². The minimum absolute atomic E-state index is 0.264. The Morgan fingerprint density at radius 3 is 2.73 bits per heavy atom. The van der Waals surface area contributed by atoms with Crippen LogP contribution in [0.3, 0.4) is 0 Å². The number of methoxy groups -OCH3 is 1. The van der Waals surface area contributed by atoms with Crippen LogP contribution in [0.4, 0.5) is 0 Å². The Morgan fingerprint density at radius 2 is 2.20 bits per heavy atom. The molecule has 5 heteroatoms. The van der Waals surface area contributed by atoms with Crippen molar-refractivity contribution in [3.8, 4) is 0 Å². The molecule has 1 heterocycles. The van der Waals surface area contributed by atoms with Gasteiger partial charge in [-0.3, -0.25) is 4.79 Å². The number of hydrogen-bond donors (Lipinski definition) is 0. The molecule has 0 aliphatic carbocycles. The maximum Gasteiger partial charge on any atom is 0.305 e. The van der Waals surface area contributed by atoms with Crippen molar-refractivity contribution in [2.75, 3.05) is 7.11 Å². The molecule has 0 bridgehead atoms. The van der Waals surface area contributed by atoms with Crippen LogP contribution in [0.15, 0.2) is 6.07 Å². The summed E-state index contributed by atoms with van der Waals surface area (Å²) in [6, 6.07) is 1.72. The van der Waals surface area contributed by atoms with Crippen LogP contribution in [0.2, 0.25) is 10.3 Å². The minimum atomic E-state index is -0.264. The summed E-state index contributed by atoms with van der Waals surface area (Å²) in [4.78, 5) is 14.9. The summed E-state index contributed by atoms with van der Waals surface area (Å²) < 4.78 is 4.55. The summed E-state index contributed by atoms with van der Waals surface area (Å²) in [6.07, 6.45) is 0.807. The van der Waals surface area contributed by atoms with Gasteiger partial charge in [0.25, 0.3) is 0 Å². The van der Waals surface area contributed by atoms with Crippen LogP contribution in [0.25, 0.3) is 0 Å². The zero-order chi connectivity index (χ0) is 11.4. The highest BCUT2D eigenvalue weighted by Gasteiger charge is 2.09. The van der Waals surface area contributed by atoms with Crippen LogP contribution in [-0.2, 0) is 16.0 Å². The zero-order valence-corrected chi connectivity index (χ0v) is 10.0. The summed E-state index contributed by atoms with van der Waals surface area (Å²) in [6.45, 7) is 1.88. The predicted molar refractivity (Wildman–Crippen MR) is 59.3 cm³/mol. The number of halogens is 2. The van der Waals surface area contributed by atoms with Gasteiger partial charge in [0, 0.05) is 6.42 Å². The van der Waals surface area contributed by atoms with Gasteiger partial charge in [-0.25, -0.2) is 4.98 Å². The first-order chi connectivity index (χ1) is 7.04. The highest BCUT2D eigenvalue weighted by molar-refractivity contribution is 6.33. The molecule has 15 heavy (non-hydrogen) atoms. The molecular formula is C10H11Cl2NO2. The normalized spacial score (nSPS) is 10.1. The molecule has 0 atom stereocenters. The Bertz CT molecular complexity index is 357. The number of ether oxygens (including phenoxy) is 1. The highest BCUT2D eigenvalue weighted by atomic mass is 35.5. The SMILES string of the molecule is COC(=O)CCc1c(C)cc(Cl)nc1Cl. The van der Waals surface area contributed by atoms with Gasteiger partial charge in [-0.2, -0.15) is 0 Å². The van der Waals surface area contributed by atoms with Gasteiger partial charge in [0.05, 0.1) is 7.11 Å². The molecule has 1 rings (SSSR count). The third kappa shape index (κ3) is 3.36. The van der Waals surface area contributed by atoms with E-state index in [1.165, 1.54) is 7.11 Å². The standard InChI is InChI=1S/C10H11Cl2NO2/c1-6-5-8(11)13-10(12)7(6)3-4-9(14)15-2/h5H,3-4H2,1-2H3. The number of hydrogen-bond acceptors (Lipinski definition) is 3. The molecule has 0 aromatic carbocycles. The van der Waals surface area contributed by atoms with Crippen LogP contribution in [0, 0.1) is 6.92 Å². The molecule has 0 N–H and O–H groups in total. The Hall–Kier alpha value is -0.800. The topological polar surface area (TPSA) is 39.2 Å². The van der Waals surface area contributed by atoms with Crippen molar-refractivity contribution >= 4 is 29.2 Å². The second kappa shape index (κ2) is 5.33. The van der Waals surface area contributed by atoms with E-state index in [2.05, 4.69) is 9.72 Å². The molecule has 0 aliphatic heterocycles. The summed E-state index contributed by atoms with van der Waals surface area (Å²) in [7, 11) is 1.36. The minimum Gasteiger partial charge on any atom is -0.469 e. The fourth-order valence-corrected chi connectivity index (χ4v) is 1.88. The molecule has 0 spiro atoms. The van der Waals surface area contributed by atoms with Crippen molar-refractivity contribution in [3.63, 3.8) is 0 Å². The molecule has 0 amide bonds. The molecule has 0 aliphatic rings. The Morgan fingerprint density at radius 1 is 1.53 bits per heavy atom. The largest absolute Gasteiger partial charge is 0.469 e. The number of nitrogens with zero attached hydrogens (tertiary/aromatic N) is 1. The van der Waals surface area contributed by atoms with Crippen molar-refractivity contribution in [2.24, 2.45) is 0 Å². The molecule has 0 saturated carbocycles. The average Bonchev–Trinajstić information content (AvgIpc) is 2.15. The van der Waals surface area contributed by atoms with Crippen molar-refractivity contribution in [1.29, 1.82) is 0 Å². The van der Waals surface area contributed by atoms with E-state index in [0.29, 0.717) is 23.1 Å². The molecule has 1 aromatic heterocycles. The third-order valence-electron chi connectivity index (χ3n) is 2.07. The van der Waals surface area contributed by atoms with Gasteiger partial charge in [-0.1, -0.05) is 23.2 Å². The first-order valence-electron chi connectivity index (χ1n) is 4.43. The third-order valence-corrected chi connectivity index (χ3v) is 2.58. The second-order valence-corrected chi connectivity index (χ2v) is 3.85. The summed E-state index contributed by atoms with van der Waals surface area (Å²) in [5, 5.41) is 0.711. The number of carbonyl (C=O) groups excluding carboxylic acids is 1. The van der Waals surface area contributed by atoms with Crippen LogP contribution >= 0.6 is 23.2 Å². The van der Waals surface area contributed by atoms with Gasteiger partial charge in [0.1, 0.15) is 10.3 Å². The fourth-order valence-electron chi connectivity index (χ4n) is 1.25. The van der Waals surface area contributed by atoms with Crippen molar-refractivity contribution in [2.45, 2.75) is 19.8 Å². The molecule has 0 radical (unpaired) electrons. The van der Waals surface area contributed by atoms with E-state index in [0.717, 1.165) is 11.1 Å². The smallest absolute Gasteiger partial charge is 0.305 e. The van der Waals surface area contributed by atoms with Gasteiger partial charge < -0.3 is 4.74 Å². The molecule has 0 unspecified atom stereocenters. The maximum absolute atomic E-state index is 11.0. The van der Waals surface area contributed by atoms with Crippen LogP contribution in [0.5, 0.6) is 0 Å². The first kappa shape index (κ1) is 12.3. The van der Waals surface area contributed by atoms with Gasteiger partial charge in [0.15, 0.2) is 0 Å². The van der Waals surface area contributed by atoms with Gasteiger partial charge >= 0.3 is 5.97 Å². The van der Waals surface area contributed by atoms with Crippen LogP contribution in [0.1, 0.15) is 17.5 Å². The van der Waals surface area contributed by atoms with Crippen molar-refractivity contribution in [3.05, 3.63) is 27.5 Å². The van der Waals surface area contributed by atoms with Gasteiger partial charge in [-0.15, -0.1) is 0 Å².